The summed E-state index contributed by atoms with van der Waals surface area (Å²) in [4.78, 5) is 3.81. The Bertz CT molecular complexity index is 277. The van der Waals surface area contributed by atoms with Gasteiger partial charge in [0.25, 0.3) is 0 Å². The summed E-state index contributed by atoms with van der Waals surface area (Å²) in [6.07, 6.45) is 0.414. The fourth-order valence-electron chi connectivity index (χ4n) is 1.09. The van der Waals surface area contributed by atoms with Gasteiger partial charge < -0.3 is 11.5 Å². The first-order valence-electron chi connectivity index (χ1n) is 4.21. The standard InChI is InChI=1S/C9H14FN3/c1-6(5-11)8(10)7-3-2-4-13-9(7)12/h2-4,6,8H,5,11H2,1H3,(H2,12,13). The summed E-state index contributed by atoms with van der Waals surface area (Å²) < 4.78 is 13.6. The highest BCUT2D eigenvalue weighted by atomic mass is 19.1. The lowest BCUT2D eigenvalue weighted by atomic mass is 10.00. The zero-order valence-corrected chi connectivity index (χ0v) is 7.57. The van der Waals surface area contributed by atoms with Crippen LogP contribution >= 0.6 is 0 Å². The maximum absolute atomic E-state index is 13.6. The SMILES string of the molecule is CC(CN)C(F)c1cccnc1N. The van der Waals surface area contributed by atoms with Crippen LogP contribution in [0.2, 0.25) is 0 Å². The zero-order chi connectivity index (χ0) is 9.84. The van der Waals surface area contributed by atoms with Crippen molar-refractivity contribution in [3.63, 3.8) is 0 Å². The Labute approximate surface area is 77.0 Å². The third-order valence-electron chi connectivity index (χ3n) is 2.04. The third kappa shape index (κ3) is 2.15. The molecule has 0 fully saturated rings. The minimum Gasteiger partial charge on any atom is -0.383 e. The van der Waals surface area contributed by atoms with Gasteiger partial charge >= 0.3 is 0 Å². The summed E-state index contributed by atoms with van der Waals surface area (Å²) in [7, 11) is 0. The molecule has 4 N–H and O–H groups in total. The number of halogens is 1. The van der Waals surface area contributed by atoms with Crippen molar-refractivity contribution in [2.75, 3.05) is 12.3 Å². The summed E-state index contributed by atoms with van der Waals surface area (Å²) in [6.45, 7) is 2.05. The van der Waals surface area contributed by atoms with Gasteiger partial charge in [0.05, 0.1) is 0 Å². The van der Waals surface area contributed by atoms with Crippen molar-refractivity contribution in [2.24, 2.45) is 11.7 Å². The van der Waals surface area contributed by atoms with Crippen LogP contribution in [0.4, 0.5) is 10.2 Å². The first-order chi connectivity index (χ1) is 6.16. The van der Waals surface area contributed by atoms with E-state index >= 15 is 0 Å². The molecule has 3 nitrogen and oxygen atoms in total. The van der Waals surface area contributed by atoms with Crippen molar-refractivity contribution >= 4 is 5.82 Å². The van der Waals surface area contributed by atoms with Gasteiger partial charge in [-0.05, 0) is 12.6 Å². The lowest BCUT2D eigenvalue weighted by Gasteiger charge is -2.15. The van der Waals surface area contributed by atoms with Gasteiger partial charge in [0.1, 0.15) is 12.0 Å². The predicted octanol–water partition coefficient (Wildman–Crippen LogP) is 1.27. The number of nitrogens with two attached hydrogens (primary N) is 2. The number of hydrogen-bond acceptors (Lipinski definition) is 3. The highest BCUT2D eigenvalue weighted by molar-refractivity contribution is 5.40. The van der Waals surface area contributed by atoms with Gasteiger partial charge in [0.2, 0.25) is 0 Å². The molecule has 0 saturated carbocycles. The average molecular weight is 183 g/mol. The number of aromatic nitrogens is 1. The molecule has 1 aromatic heterocycles. The Balaban J connectivity index is 2.88. The summed E-state index contributed by atoms with van der Waals surface area (Å²) in [5, 5.41) is 0. The molecule has 13 heavy (non-hydrogen) atoms. The molecule has 2 unspecified atom stereocenters. The van der Waals surface area contributed by atoms with Gasteiger partial charge in [0.15, 0.2) is 0 Å². The molecular formula is C9H14FN3. The van der Waals surface area contributed by atoms with Gasteiger partial charge in [-0.15, -0.1) is 0 Å². The summed E-state index contributed by atoms with van der Waals surface area (Å²) >= 11 is 0. The molecule has 0 aromatic carbocycles. The van der Waals surface area contributed by atoms with E-state index in [0.29, 0.717) is 12.1 Å². The molecule has 0 bridgehead atoms. The minimum atomic E-state index is -1.13. The Morgan fingerprint density at radius 2 is 2.31 bits per heavy atom. The Morgan fingerprint density at radius 3 is 2.85 bits per heavy atom. The number of pyridine rings is 1. The van der Waals surface area contributed by atoms with Crippen molar-refractivity contribution in [2.45, 2.75) is 13.1 Å². The fraction of sp³-hybridized carbons (Fsp3) is 0.444. The highest BCUT2D eigenvalue weighted by Gasteiger charge is 2.19. The van der Waals surface area contributed by atoms with Crippen LogP contribution in [0.5, 0.6) is 0 Å². The molecule has 0 aliphatic heterocycles. The molecule has 0 amide bonds. The van der Waals surface area contributed by atoms with Crippen molar-refractivity contribution in [3.8, 4) is 0 Å². The van der Waals surface area contributed by atoms with Crippen molar-refractivity contribution in [1.82, 2.24) is 4.98 Å². The van der Waals surface area contributed by atoms with Crippen LogP contribution in [0.15, 0.2) is 18.3 Å². The zero-order valence-electron chi connectivity index (χ0n) is 7.57. The van der Waals surface area contributed by atoms with Crippen LogP contribution in [0.1, 0.15) is 18.7 Å². The van der Waals surface area contributed by atoms with E-state index in [9.17, 15) is 4.39 Å². The Hall–Kier alpha value is -1.16. The molecule has 0 saturated heterocycles. The summed E-state index contributed by atoms with van der Waals surface area (Å²) in [5.41, 5.74) is 11.3. The van der Waals surface area contributed by atoms with E-state index < -0.39 is 6.17 Å². The average Bonchev–Trinajstić information content (AvgIpc) is 2.16. The second kappa shape index (κ2) is 4.18. The van der Waals surface area contributed by atoms with Crippen LogP contribution < -0.4 is 11.5 Å². The molecule has 0 radical (unpaired) electrons. The van der Waals surface area contributed by atoms with Crippen molar-refractivity contribution in [1.29, 1.82) is 0 Å². The van der Waals surface area contributed by atoms with Crippen LogP contribution in [0, 0.1) is 5.92 Å². The minimum absolute atomic E-state index is 0.230. The summed E-state index contributed by atoms with van der Waals surface area (Å²) in [6, 6.07) is 3.31. The molecule has 0 aliphatic carbocycles. The smallest absolute Gasteiger partial charge is 0.132 e. The predicted molar refractivity (Wildman–Crippen MR) is 50.7 cm³/mol. The van der Waals surface area contributed by atoms with Gasteiger partial charge in [0, 0.05) is 17.7 Å². The van der Waals surface area contributed by atoms with E-state index in [0.717, 1.165) is 0 Å². The molecule has 1 heterocycles. The number of nitrogen functional groups attached to an aromatic ring is 1. The fourth-order valence-corrected chi connectivity index (χ4v) is 1.09. The molecule has 2 atom stereocenters. The molecule has 1 aromatic rings. The lowest BCUT2D eigenvalue weighted by Crippen LogP contribution is -2.17. The largest absolute Gasteiger partial charge is 0.383 e. The Morgan fingerprint density at radius 1 is 1.62 bits per heavy atom. The van der Waals surface area contributed by atoms with E-state index in [2.05, 4.69) is 4.98 Å². The highest BCUT2D eigenvalue weighted by Crippen LogP contribution is 2.28. The third-order valence-corrected chi connectivity index (χ3v) is 2.04. The maximum atomic E-state index is 13.6. The first kappa shape index (κ1) is 9.92. The van der Waals surface area contributed by atoms with Crippen LogP contribution in [0.3, 0.4) is 0 Å². The molecular weight excluding hydrogens is 169 g/mol. The molecule has 0 aliphatic rings. The Kier molecular flexibility index (Phi) is 3.19. The second-order valence-electron chi connectivity index (χ2n) is 3.09. The number of nitrogens with zero attached hydrogens (tertiary/aromatic N) is 1. The van der Waals surface area contributed by atoms with Crippen LogP contribution in [-0.4, -0.2) is 11.5 Å². The molecule has 0 spiro atoms. The van der Waals surface area contributed by atoms with E-state index in [4.69, 9.17) is 11.5 Å². The monoisotopic (exact) mass is 183 g/mol. The summed E-state index contributed by atoms with van der Waals surface area (Å²) in [5.74, 6) is 0.0156. The van der Waals surface area contributed by atoms with Gasteiger partial charge in [-0.25, -0.2) is 9.37 Å². The number of hydrogen-bond donors (Lipinski definition) is 2. The molecule has 1 rings (SSSR count). The van der Waals surface area contributed by atoms with E-state index in [-0.39, 0.29) is 11.7 Å². The van der Waals surface area contributed by atoms with E-state index in [1.165, 1.54) is 0 Å². The van der Waals surface area contributed by atoms with Gasteiger partial charge in [-0.2, -0.15) is 0 Å². The van der Waals surface area contributed by atoms with E-state index in [1.54, 1.807) is 25.3 Å². The normalized spacial score (nSPS) is 15.3. The van der Waals surface area contributed by atoms with E-state index in [1.807, 2.05) is 0 Å². The molecule has 4 heteroatoms. The number of rotatable bonds is 3. The second-order valence-corrected chi connectivity index (χ2v) is 3.09. The van der Waals surface area contributed by atoms with Crippen molar-refractivity contribution < 1.29 is 4.39 Å². The topological polar surface area (TPSA) is 64.9 Å². The first-order valence-corrected chi connectivity index (χ1v) is 4.21. The van der Waals surface area contributed by atoms with Gasteiger partial charge in [-0.1, -0.05) is 13.0 Å². The van der Waals surface area contributed by atoms with Crippen LogP contribution in [0.25, 0.3) is 0 Å². The molecule has 72 valence electrons. The number of anilines is 1. The van der Waals surface area contributed by atoms with Crippen molar-refractivity contribution in [3.05, 3.63) is 23.9 Å². The van der Waals surface area contributed by atoms with Crippen LogP contribution in [-0.2, 0) is 0 Å². The quantitative estimate of drug-likeness (QED) is 0.741. The number of alkyl halides is 1. The maximum Gasteiger partial charge on any atom is 0.132 e. The lowest BCUT2D eigenvalue weighted by molar-refractivity contribution is 0.252. The van der Waals surface area contributed by atoms with Gasteiger partial charge in [-0.3, -0.25) is 0 Å².